The van der Waals surface area contributed by atoms with Gasteiger partial charge in [0, 0.05) is 37.2 Å². The summed E-state index contributed by atoms with van der Waals surface area (Å²) in [6, 6.07) is 4.10. The molecule has 0 radical (unpaired) electrons. The Hall–Kier alpha value is 0.590. The van der Waals surface area contributed by atoms with Gasteiger partial charge in [0.05, 0.1) is 10.0 Å². The largest absolute Gasteiger partial charge is 0.314 e. The minimum atomic E-state index is 0. The van der Waals surface area contributed by atoms with Crippen molar-refractivity contribution in [3.8, 4) is 0 Å². The summed E-state index contributed by atoms with van der Waals surface area (Å²) in [4.78, 5) is 2.57. The van der Waals surface area contributed by atoms with Gasteiger partial charge in [0.2, 0.25) is 0 Å². The van der Waals surface area contributed by atoms with E-state index in [1.54, 1.807) is 6.07 Å². The van der Waals surface area contributed by atoms with Crippen molar-refractivity contribution in [1.82, 2.24) is 10.2 Å². The Morgan fingerprint density at radius 3 is 2.21 bits per heavy atom. The van der Waals surface area contributed by atoms with Gasteiger partial charge in [-0.15, -0.1) is 24.8 Å². The maximum atomic E-state index is 6.57. The van der Waals surface area contributed by atoms with Crippen molar-refractivity contribution in [2.45, 2.75) is 38.1 Å². The molecule has 2 fully saturated rings. The number of halogens is 5. The van der Waals surface area contributed by atoms with Crippen molar-refractivity contribution in [2.24, 2.45) is 5.92 Å². The van der Waals surface area contributed by atoms with E-state index in [0.29, 0.717) is 27.0 Å². The van der Waals surface area contributed by atoms with Crippen LogP contribution in [0, 0.1) is 5.92 Å². The quantitative estimate of drug-likeness (QED) is 0.586. The van der Waals surface area contributed by atoms with E-state index in [0.717, 1.165) is 31.7 Å². The molecule has 1 N–H and O–H groups in total. The summed E-state index contributed by atoms with van der Waals surface area (Å²) < 4.78 is 0. The Morgan fingerprint density at radius 2 is 1.58 bits per heavy atom. The van der Waals surface area contributed by atoms with E-state index in [4.69, 9.17) is 34.8 Å². The third-order valence-corrected chi connectivity index (χ3v) is 6.02. The lowest BCUT2D eigenvalue weighted by Crippen LogP contribution is -2.47. The van der Waals surface area contributed by atoms with Crippen molar-refractivity contribution < 1.29 is 0 Å². The van der Waals surface area contributed by atoms with E-state index in [9.17, 15) is 0 Å². The first kappa shape index (κ1) is 22.6. The van der Waals surface area contributed by atoms with Gasteiger partial charge < -0.3 is 5.32 Å². The zero-order valence-corrected chi connectivity index (χ0v) is 17.5. The molecule has 1 saturated carbocycles. The van der Waals surface area contributed by atoms with Gasteiger partial charge >= 0.3 is 0 Å². The molecule has 1 atom stereocenters. The minimum absolute atomic E-state index is 0. The van der Waals surface area contributed by atoms with Crippen LogP contribution in [-0.2, 0) is 0 Å². The Balaban J connectivity index is 0.00000144. The van der Waals surface area contributed by atoms with E-state index in [2.05, 4.69) is 10.2 Å². The molecule has 0 bridgehead atoms. The third-order valence-electron chi connectivity index (χ3n) is 4.98. The first-order valence-corrected chi connectivity index (χ1v) is 9.39. The Bertz CT molecular complexity index is 496. The second-order valence-electron chi connectivity index (χ2n) is 6.42. The van der Waals surface area contributed by atoms with Crippen LogP contribution in [0.25, 0.3) is 0 Å². The first-order chi connectivity index (χ1) is 10.7. The van der Waals surface area contributed by atoms with E-state index in [-0.39, 0.29) is 24.8 Å². The fraction of sp³-hybridized carbons (Fsp3) is 0.647. The molecule has 1 aliphatic carbocycles. The van der Waals surface area contributed by atoms with Gasteiger partial charge in [0.1, 0.15) is 0 Å². The van der Waals surface area contributed by atoms with E-state index < -0.39 is 0 Å². The number of benzene rings is 1. The molecule has 138 valence electrons. The molecule has 0 aromatic heterocycles. The average Bonchev–Trinajstić information content (AvgIpc) is 2.54. The average molecular weight is 435 g/mol. The van der Waals surface area contributed by atoms with Crippen molar-refractivity contribution >= 4 is 59.6 Å². The molecule has 0 spiro atoms. The van der Waals surface area contributed by atoms with Crippen molar-refractivity contribution in [3.05, 3.63) is 32.8 Å². The standard InChI is InChI=1S/C17H23Cl3N2.2ClH/c18-13-10-14(16(20)15(19)11-13)17(12-4-2-1-3-5-12)22-8-6-21-7-9-22;;/h10-12,17,21H,1-9H2;2*1H/t17-;;/m0../s1. The second kappa shape index (κ2) is 10.7. The maximum Gasteiger partial charge on any atom is 0.0641 e. The second-order valence-corrected chi connectivity index (χ2v) is 7.64. The lowest BCUT2D eigenvalue weighted by atomic mass is 9.80. The van der Waals surface area contributed by atoms with Gasteiger partial charge in [-0.3, -0.25) is 4.90 Å². The third kappa shape index (κ3) is 5.30. The van der Waals surface area contributed by atoms with Crippen LogP contribution in [0.15, 0.2) is 12.1 Å². The summed E-state index contributed by atoms with van der Waals surface area (Å²) >= 11 is 19.1. The molecule has 1 aromatic carbocycles. The summed E-state index contributed by atoms with van der Waals surface area (Å²) in [5.41, 5.74) is 1.12. The van der Waals surface area contributed by atoms with Gasteiger partial charge in [-0.1, -0.05) is 54.1 Å². The molecule has 0 unspecified atom stereocenters. The summed E-state index contributed by atoms with van der Waals surface area (Å²) in [5.74, 6) is 0.652. The summed E-state index contributed by atoms with van der Waals surface area (Å²) in [7, 11) is 0. The van der Waals surface area contributed by atoms with Crippen LogP contribution >= 0.6 is 59.6 Å². The number of rotatable bonds is 3. The molecule has 1 heterocycles. The van der Waals surface area contributed by atoms with Gasteiger partial charge in [0.25, 0.3) is 0 Å². The van der Waals surface area contributed by atoms with E-state index >= 15 is 0 Å². The van der Waals surface area contributed by atoms with E-state index in [1.165, 1.54) is 32.1 Å². The summed E-state index contributed by atoms with van der Waals surface area (Å²) in [6.45, 7) is 4.19. The van der Waals surface area contributed by atoms with Crippen LogP contribution in [0.1, 0.15) is 43.7 Å². The highest BCUT2D eigenvalue weighted by Gasteiger charge is 2.32. The van der Waals surface area contributed by atoms with Gasteiger partial charge in [0.15, 0.2) is 0 Å². The topological polar surface area (TPSA) is 15.3 Å². The SMILES string of the molecule is Cl.Cl.Clc1cc(Cl)c(Cl)c([C@H](C2CCCCC2)N2CCNCC2)c1. The smallest absolute Gasteiger partial charge is 0.0641 e. The minimum Gasteiger partial charge on any atom is -0.314 e. The zero-order chi connectivity index (χ0) is 15.5. The molecule has 24 heavy (non-hydrogen) atoms. The number of hydrogen-bond acceptors (Lipinski definition) is 2. The first-order valence-electron chi connectivity index (χ1n) is 8.26. The highest BCUT2D eigenvalue weighted by molar-refractivity contribution is 6.43. The number of nitrogens with zero attached hydrogens (tertiary/aromatic N) is 1. The number of hydrogen-bond donors (Lipinski definition) is 1. The zero-order valence-electron chi connectivity index (χ0n) is 13.6. The molecular weight excluding hydrogens is 409 g/mol. The Kier molecular flexibility index (Phi) is 10.1. The van der Waals surface area contributed by atoms with Crippen LogP contribution < -0.4 is 5.32 Å². The van der Waals surface area contributed by atoms with E-state index in [1.807, 2.05) is 6.07 Å². The monoisotopic (exact) mass is 432 g/mol. The molecule has 3 rings (SSSR count). The number of piperazine rings is 1. The van der Waals surface area contributed by atoms with Crippen molar-refractivity contribution in [1.29, 1.82) is 0 Å². The predicted molar refractivity (Wildman–Crippen MR) is 110 cm³/mol. The Labute approximate surface area is 172 Å². The lowest BCUT2D eigenvalue weighted by molar-refractivity contribution is 0.103. The normalized spacial score (nSPS) is 20.8. The molecule has 2 aliphatic rings. The van der Waals surface area contributed by atoms with Crippen molar-refractivity contribution in [3.63, 3.8) is 0 Å². The molecule has 0 amide bonds. The van der Waals surface area contributed by atoms with Crippen LogP contribution in [0.2, 0.25) is 15.1 Å². The fourth-order valence-corrected chi connectivity index (χ4v) is 4.68. The number of nitrogens with one attached hydrogen (secondary N) is 1. The fourth-order valence-electron chi connectivity index (χ4n) is 3.95. The Morgan fingerprint density at radius 1 is 0.958 bits per heavy atom. The lowest BCUT2D eigenvalue weighted by Gasteiger charge is -2.41. The summed E-state index contributed by atoms with van der Waals surface area (Å²) in [6.07, 6.45) is 6.54. The van der Waals surface area contributed by atoms with Gasteiger partial charge in [-0.2, -0.15) is 0 Å². The molecule has 7 heteroatoms. The highest BCUT2D eigenvalue weighted by Crippen LogP contribution is 2.43. The predicted octanol–water partition coefficient (Wildman–Crippen LogP) is 6.02. The molecule has 1 aromatic rings. The highest BCUT2D eigenvalue weighted by atomic mass is 35.5. The van der Waals surface area contributed by atoms with Crippen LogP contribution in [0.5, 0.6) is 0 Å². The van der Waals surface area contributed by atoms with Crippen LogP contribution in [0.4, 0.5) is 0 Å². The van der Waals surface area contributed by atoms with Crippen molar-refractivity contribution in [2.75, 3.05) is 26.2 Å². The van der Waals surface area contributed by atoms with Gasteiger partial charge in [-0.05, 0) is 36.5 Å². The van der Waals surface area contributed by atoms with Gasteiger partial charge in [-0.25, -0.2) is 0 Å². The molecule has 1 saturated heterocycles. The molecular formula is C17H25Cl5N2. The summed E-state index contributed by atoms with van der Waals surface area (Å²) in [5, 5.41) is 5.37. The van der Waals surface area contributed by atoms with Crippen LogP contribution in [-0.4, -0.2) is 31.1 Å². The molecule has 2 nitrogen and oxygen atoms in total. The maximum absolute atomic E-state index is 6.57. The molecule has 1 aliphatic heterocycles. The van der Waals surface area contributed by atoms with Crippen LogP contribution in [0.3, 0.4) is 0 Å².